The van der Waals surface area contributed by atoms with Crippen molar-refractivity contribution in [3.63, 3.8) is 0 Å². The Balaban J connectivity index is 1.83. The number of hydrogen-bond donors (Lipinski definition) is 1. The first-order valence-corrected chi connectivity index (χ1v) is 8.34. The number of nitrogens with one attached hydrogen (secondary N) is 1. The topological polar surface area (TPSA) is 46.9 Å². The predicted molar refractivity (Wildman–Crippen MR) is 93.4 cm³/mol. The highest BCUT2D eigenvalue weighted by atomic mass is 16.1. The molecule has 0 aliphatic heterocycles. The Morgan fingerprint density at radius 3 is 2.96 bits per heavy atom. The first-order chi connectivity index (χ1) is 11.2. The fourth-order valence-electron chi connectivity index (χ4n) is 3.08. The van der Waals surface area contributed by atoms with Crippen LogP contribution < -0.4 is 5.32 Å². The summed E-state index contributed by atoms with van der Waals surface area (Å²) in [6.45, 7) is 6.69. The van der Waals surface area contributed by atoms with Crippen LogP contribution in [0.3, 0.4) is 0 Å². The van der Waals surface area contributed by atoms with Crippen molar-refractivity contribution in [2.45, 2.75) is 45.6 Å². The highest BCUT2D eigenvalue weighted by Crippen LogP contribution is 2.34. The van der Waals surface area contributed by atoms with Gasteiger partial charge in [-0.2, -0.15) is 5.10 Å². The lowest BCUT2D eigenvalue weighted by Crippen LogP contribution is -2.09. The number of nitrogens with zero attached hydrogens (tertiary/aromatic N) is 2. The molecule has 0 saturated carbocycles. The third-order valence-corrected chi connectivity index (χ3v) is 4.31. The Morgan fingerprint density at radius 1 is 1.35 bits per heavy atom. The molecule has 2 aromatic rings. The third kappa shape index (κ3) is 3.36. The van der Waals surface area contributed by atoms with Crippen LogP contribution in [0.25, 0.3) is 11.3 Å². The summed E-state index contributed by atoms with van der Waals surface area (Å²) >= 11 is 0. The molecule has 0 unspecified atom stereocenters. The average molecular weight is 309 g/mol. The molecule has 0 bridgehead atoms. The maximum Gasteiger partial charge on any atom is 0.247 e. The zero-order valence-electron chi connectivity index (χ0n) is 13.6. The molecule has 0 saturated heterocycles. The number of carbonyl (C=O) groups excluding carboxylic acids is 1. The lowest BCUT2D eigenvalue weighted by Gasteiger charge is -2.16. The van der Waals surface area contributed by atoms with Crippen molar-refractivity contribution in [2.24, 2.45) is 0 Å². The predicted octanol–water partition coefficient (Wildman–Crippen LogP) is 3.96. The summed E-state index contributed by atoms with van der Waals surface area (Å²) in [5.41, 5.74) is 5.69. The average Bonchev–Trinajstić information content (AvgIpc) is 2.98. The van der Waals surface area contributed by atoms with Crippen LogP contribution in [0, 0.1) is 0 Å². The summed E-state index contributed by atoms with van der Waals surface area (Å²) in [5.74, 6) is -0.179. The van der Waals surface area contributed by atoms with E-state index in [2.05, 4.69) is 41.8 Å². The Hall–Kier alpha value is -2.36. The van der Waals surface area contributed by atoms with Gasteiger partial charge in [-0.25, -0.2) is 0 Å². The quantitative estimate of drug-likeness (QED) is 0.648. The van der Waals surface area contributed by atoms with Gasteiger partial charge >= 0.3 is 0 Å². The maximum absolute atomic E-state index is 11.4. The van der Waals surface area contributed by atoms with Gasteiger partial charge in [-0.3, -0.25) is 9.48 Å². The lowest BCUT2D eigenvalue weighted by atomic mass is 9.90. The summed E-state index contributed by atoms with van der Waals surface area (Å²) < 4.78 is 2.09. The Kier molecular flexibility index (Phi) is 4.60. The molecule has 1 aliphatic rings. The highest BCUT2D eigenvalue weighted by Gasteiger charge is 2.20. The molecule has 0 radical (unpaired) electrons. The number of unbranched alkanes of at least 4 members (excludes halogenated alkanes) is 2. The second-order valence-electron chi connectivity index (χ2n) is 6.04. The lowest BCUT2D eigenvalue weighted by molar-refractivity contribution is -0.111. The number of rotatable bonds is 6. The summed E-state index contributed by atoms with van der Waals surface area (Å²) in [6.07, 6.45) is 9.12. The van der Waals surface area contributed by atoms with Gasteiger partial charge in [0.1, 0.15) is 0 Å². The number of anilines is 1. The minimum absolute atomic E-state index is 0.179. The molecule has 1 amide bonds. The van der Waals surface area contributed by atoms with Gasteiger partial charge in [-0.1, -0.05) is 32.4 Å². The van der Waals surface area contributed by atoms with Crippen molar-refractivity contribution in [1.82, 2.24) is 9.78 Å². The largest absolute Gasteiger partial charge is 0.323 e. The van der Waals surface area contributed by atoms with Crippen LogP contribution in [-0.4, -0.2) is 15.7 Å². The zero-order valence-corrected chi connectivity index (χ0v) is 13.6. The minimum atomic E-state index is -0.179. The molecule has 1 aliphatic carbocycles. The van der Waals surface area contributed by atoms with Crippen LogP contribution in [0.5, 0.6) is 0 Å². The molecule has 1 aromatic carbocycles. The van der Waals surface area contributed by atoms with Gasteiger partial charge in [0.2, 0.25) is 5.91 Å². The molecule has 4 nitrogen and oxygen atoms in total. The van der Waals surface area contributed by atoms with Crippen molar-refractivity contribution in [2.75, 3.05) is 5.32 Å². The van der Waals surface area contributed by atoms with E-state index in [0.29, 0.717) is 0 Å². The zero-order chi connectivity index (χ0) is 16.2. The molecule has 1 aromatic heterocycles. The van der Waals surface area contributed by atoms with E-state index in [-0.39, 0.29) is 5.91 Å². The number of fused-ring (bicyclic) bond motifs is 3. The number of carbonyl (C=O) groups is 1. The minimum Gasteiger partial charge on any atom is -0.323 e. The molecule has 1 heterocycles. The van der Waals surface area contributed by atoms with Crippen LogP contribution in [-0.2, 0) is 24.2 Å². The van der Waals surface area contributed by atoms with E-state index in [9.17, 15) is 4.79 Å². The van der Waals surface area contributed by atoms with Crippen molar-refractivity contribution in [3.8, 4) is 11.3 Å². The highest BCUT2D eigenvalue weighted by molar-refractivity contribution is 5.99. The Bertz CT molecular complexity index is 730. The van der Waals surface area contributed by atoms with E-state index in [1.807, 2.05) is 6.07 Å². The van der Waals surface area contributed by atoms with Crippen molar-refractivity contribution in [1.29, 1.82) is 0 Å². The fourth-order valence-corrected chi connectivity index (χ4v) is 3.08. The summed E-state index contributed by atoms with van der Waals surface area (Å²) in [6, 6.07) is 6.05. The van der Waals surface area contributed by atoms with Gasteiger partial charge in [0.15, 0.2) is 0 Å². The summed E-state index contributed by atoms with van der Waals surface area (Å²) in [5, 5.41) is 7.61. The SMILES string of the molecule is C=CC(=O)Nc1ccc2c(c1)CCc1cn(CCCCC)nc1-2. The van der Waals surface area contributed by atoms with E-state index in [0.717, 1.165) is 30.8 Å². The van der Waals surface area contributed by atoms with E-state index in [1.54, 1.807) is 0 Å². The molecule has 0 spiro atoms. The molecule has 4 heteroatoms. The van der Waals surface area contributed by atoms with Crippen molar-refractivity contribution >= 4 is 11.6 Å². The summed E-state index contributed by atoms with van der Waals surface area (Å²) in [7, 11) is 0. The third-order valence-electron chi connectivity index (χ3n) is 4.31. The van der Waals surface area contributed by atoms with E-state index >= 15 is 0 Å². The Labute approximate surface area is 137 Å². The number of amides is 1. The van der Waals surface area contributed by atoms with Gasteiger partial charge < -0.3 is 5.32 Å². The first kappa shape index (κ1) is 15.5. The second kappa shape index (κ2) is 6.82. The molecule has 3 rings (SSSR count). The Morgan fingerprint density at radius 2 is 2.17 bits per heavy atom. The van der Waals surface area contributed by atoms with Crippen LogP contribution in [0.4, 0.5) is 5.69 Å². The fraction of sp³-hybridized carbons (Fsp3) is 0.368. The van der Waals surface area contributed by atoms with E-state index in [4.69, 9.17) is 5.10 Å². The normalized spacial score (nSPS) is 12.4. The molecule has 0 atom stereocenters. The van der Waals surface area contributed by atoms with Crippen molar-refractivity contribution in [3.05, 3.63) is 48.2 Å². The van der Waals surface area contributed by atoms with E-state index in [1.165, 1.54) is 42.0 Å². The van der Waals surface area contributed by atoms with Gasteiger partial charge in [-0.15, -0.1) is 0 Å². The van der Waals surface area contributed by atoms with Gasteiger partial charge in [-0.05, 0) is 48.6 Å². The molecule has 0 fully saturated rings. The molecular formula is C19H23N3O. The van der Waals surface area contributed by atoms with Gasteiger partial charge in [0.25, 0.3) is 0 Å². The summed E-state index contributed by atoms with van der Waals surface area (Å²) in [4.78, 5) is 11.4. The number of benzene rings is 1. The van der Waals surface area contributed by atoms with Crippen LogP contribution in [0.15, 0.2) is 37.1 Å². The maximum atomic E-state index is 11.4. The van der Waals surface area contributed by atoms with Gasteiger partial charge in [0.05, 0.1) is 5.69 Å². The number of aryl methyl sites for hydroxylation is 3. The van der Waals surface area contributed by atoms with E-state index < -0.39 is 0 Å². The van der Waals surface area contributed by atoms with Crippen molar-refractivity contribution < 1.29 is 4.79 Å². The molecule has 120 valence electrons. The second-order valence-corrected chi connectivity index (χ2v) is 6.04. The first-order valence-electron chi connectivity index (χ1n) is 8.34. The molecule has 23 heavy (non-hydrogen) atoms. The van der Waals surface area contributed by atoms with Crippen LogP contribution >= 0.6 is 0 Å². The monoisotopic (exact) mass is 309 g/mol. The smallest absolute Gasteiger partial charge is 0.247 e. The van der Waals surface area contributed by atoms with Crippen LogP contribution in [0.1, 0.15) is 37.3 Å². The standard InChI is InChI=1S/C19H23N3O/c1-3-5-6-11-22-13-15-8-7-14-12-16(20-18(23)4-2)9-10-17(14)19(15)21-22/h4,9-10,12-13H,2-3,5-8,11H2,1H3,(H,20,23). The number of aromatic nitrogens is 2. The number of hydrogen-bond acceptors (Lipinski definition) is 2. The van der Waals surface area contributed by atoms with Gasteiger partial charge in [0, 0.05) is 24.0 Å². The molecule has 1 N–H and O–H groups in total. The van der Waals surface area contributed by atoms with Crippen LogP contribution in [0.2, 0.25) is 0 Å². The molecular weight excluding hydrogens is 286 g/mol.